The number of benzene rings is 1. The van der Waals surface area contributed by atoms with Crippen molar-refractivity contribution in [1.82, 2.24) is 9.29 Å². The zero-order chi connectivity index (χ0) is 22.1. The maximum atomic E-state index is 12.6. The van der Waals surface area contributed by atoms with Crippen LogP contribution < -0.4 is 10.2 Å². The molecular weight excluding hydrogens is 440 g/mol. The van der Waals surface area contributed by atoms with Crippen molar-refractivity contribution in [1.29, 1.82) is 0 Å². The first-order valence-corrected chi connectivity index (χ1v) is 12.8. The van der Waals surface area contributed by atoms with Crippen molar-refractivity contribution in [3.8, 4) is 0 Å². The van der Waals surface area contributed by atoms with Gasteiger partial charge in [-0.25, -0.2) is 13.4 Å². The van der Waals surface area contributed by atoms with Gasteiger partial charge in [-0.3, -0.25) is 4.79 Å². The Morgan fingerprint density at radius 2 is 1.77 bits per heavy atom. The minimum atomic E-state index is -3.55. The van der Waals surface area contributed by atoms with Crippen molar-refractivity contribution < 1.29 is 13.2 Å². The number of amides is 1. The van der Waals surface area contributed by atoms with Crippen LogP contribution in [0.3, 0.4) is 0 Å². The number of thiazole rings is 1. The zero-order valence-corrected chi connectivity index (χ0v) is 20.1. The van der Waals surface area contributed by atoms with Crippen molar-refractivity contribution in [2.45, 2.75) is 38.6 Å². The largest absolute Gasteiger partial charge is 0.349 e. The van der Waals surface area contributed by atoms with Crippen molar-refractivity contribution in [2.75, 3.05) is 30.4 Å². The Morgan fingerprint density at radius 1 is 1.13 bits per heavy atom. The van der Waals surface area contributed by atoms with Gasteiger partial charge in [-0.05, 0) is 58.0 Å². The van der Waals surface area contributed by atoms with Gasteiger partial charge in [-0.2, -0.15) is 4.31 Å². The highest BCUT2D eigenvalue weighted by Gasteiger charge is 2.23. The van der Waals surface area contributed by atoms with Crippen LogP contribution in [0, 0.1) is 0 Å². The van der Waals surface area contributed by atoms with Gasteiger partial charge in [0.25, 0.3) is 5.91 Å². The third-order valence-electron chi connectivity index (χ3n) is 4.85. The number of hydrogen-bond acceptors (Lipinski definition) is 7. The number of rotatable bonds is 8. The highest BCUT2D eigenvalue weighted by molar-refractivity contribution is 7.89. The van der Waals surface area contributed by atoms with Crippen molar-refractivity contribution in [3.63, 3.8) is 0 Å². The average molecular weight is 467 g/mol. The lowest BCUT2D eigenvalue weighted by Crippen LogP contribution is -2.33. The summed E-state index contributed by atoms with van der Waals surface area (Å²) in [6.07, 6.45) is 0. The molecule has 3 aromatic rings. The smallest absolute Gasteiger partial charge is 0.265 e. The molecule has 0 radical (unpaired) electrons. The summed E-state index contributed by atoms with van der Waals surface area (Å²) in [6, 6.07) is 7.94. The van der Waals surface area contributed by atoms with Gasteiger partial charge in [0.05, 0.1) is 14.5 Å². The quantitative estimate of drug-likeness (QED) is 0.529. The van der Waals surface area contributed by atoms with Crippen LogP contribution in [-0.4, -0.2) is 49.8 Å². The topological polar surface area (TPSA) is 82.6 Å². The number of sulfonamides is 1. The molecule has 10 heteroatoms. The van der Waals surface area contributed by atoms with Crippen LogP contribution in [0.25, 0.3) is 9.53 Å². The maximum absolute atomic E-state index is 12.6. The molecule has 0 aliphatic heterocycles. The van der Waals surface area contributed by atoms with Gasteiger partial charge in [0.1, 0.15) is 4.83 Å². The zero-order valence-electron chi connectivity index (χ0n) is 17.7. The standard InChI is InChI=1S/C20H26N4O3S3/c1-6-24(7-2)20-22-19-17(29-20)12-16(28-19)18(25)21-14-8-10-15(11-9-14)30(26,27)23(5)13(3)4/h8-13H,6-7H2,1-5H3,(H,21,25). The molecule has 0 saturated carbocycles. The van der Waals surface area contributed by atoms with Crippen LogP contribution in [0.4, 0.5) is 10.8 Å². The summed E-state index contributed by atoms with van der Waals surface area (Å²) in [5.74, 6) is -0.232. The molecule has 2 heterocycles. The predicted octanol–water partition coefficient (Wildman–Crippen LogP) is 4.49. The monoisotopic (exact) mass is 466 g/mol. The van der Waals surface area contributed by atoms with E-state index in [4.69, 9.17) is 0 Å². The van der Waals surface area contributed by atoms with E-state index in [9.17, 15) is 13.2 Å². The number of thiophene rings is 1. The van der Waals surface area contributed by atoms with Crippen LogP contribution in [0.2, 0.25) is 0 Å². The van der Waals surface area contributed by atoms with Gasteiger partial charge < -0.3 is 10.2 Å². The first-order valence-electron chi connectivity index (χ1n) is 9.72. The summed E-state index contributed by atoms with van der Waals surface area (Å²) in [5, 5.41) is 3.80. The predicted molar refractivity (Wildman–Crippen MR) is 126 cm³/mol. The number of carbonyl (C=O) groups excluding carboxylic acids is 1. The van der Waals surface area contributed by atoms with Gasteiger partial charge in [0.15, 0.2) is 5.13 Å². The summed E-state index contributed by atoms with van der Waals surface area (Å²) < 4.78 is 27.4. The number of fused-ring (bicyclic) bond motifs is 1. The average Bonchev–Trinajstić information content (AvgIpc) is 3.28. The Hall–Kier alpha value is -2.01. The minimum absolute atomic E-state index is 0.141. The van der Waals surface area contributed by atoms with Crippen molar-refractivity contribution >= 4 is 59.0 Å². The molecular formula is C20H26N4O3S3. The van der Waals surface area contributed by atoms with Gasteiger partial charge in [-0.15, -0.1) is 11.3 Å². The van der Waals surface area contributed by atoms with E-state index in [1.54, 1.807) is 30.5 Å². The number of aromatic nitrogens is 1. The van der Waals surface area contributed by atoms with Crippen LogP contribution in [0.1, 0.15) is 37.4 Å². The van der Waals surface area contributed by atoms with Gasteiger partial charge in [0.2, 0.25) is 10.0 Å². The van der Waals surface area contributed by atoms with Crippen molar-refractivity contribution in [3.05, 3.63) is 35.2 Å². The lowest BCUT2D eigenvalue weighted by Gasteiger charge is -2.21. The summed E-state index contributed by atoms with van der Waals surface area (Å²) in [7, 11) is -2.00. The first-order chi connectivity index (χ1) is 14.2. The van der Waals surface area contributed by atoms with E-state index in [0.29, 0.717) is 10.6 Å². The number of nitrogens with zero attached hydrogens (tertiary/aromatic N) is 3. The molecule has 2 aromatic heterocycles. The number of nitrogens with one attached hydrogen (secondary N) is 1. The molecule has 162 valence electrons. The molecule has 7 nitrogen and oxygen atoms in total. The fraction of sp³-hybridized carbons (Fsp3) is 0.400. The third kappa shape index (κ3) is 4.51. The van der Waals surface area contributed by atoms with E-state index < -0.39 is 10.0 Å². The molecule has 0 spiro atoms. The molecule has 3 rings (SSSR count). The molecule has 1 aromatic carbocycles. The summed E-state index contributed by atoms with van der Waals surface area (Å²) in [4.78, 5) is 21.1. The molecule has 0 fully saturated rings. The molecule has 30 heavy (non-hydrogen) atoms. The second kappa shape index (κ2) is 9.01. The lowest BCUT2D eigenvalue weighted by atomic mass is 10.3. The van der Waals surface area contributed by atoms with Crippen LogP contribution in [-0.2, 0) is 10.0 Å². The Morgan fingerprint density at radius 3 is 2.30 bits per heavy atom. The fourth-order valence-electron chi connectivity index (χ4n) is 2.81. The Balaban J connectivity index is 1.74. The van der Waals surface area contributed by atoms with E-state index in [-0.39, 0.29) is 16.8 Å². The normalized spacial score (nSPS) is 12.1. The van der Waals surface area contributed by atoms with E-state index in [0.717, 1.165) is 27.8 Å². The SMILES string of the molecule is CCN(CC)c1nc2sc(C(=O)Nc3ccc(S(=O)(=O)N(C)C(C)C)cc3)cc2s1. The number of carbonyl (C=O) groups is 1. The van der Waals surface area contributed by atoms with E-state index in [1.165, 1.54) is 27.8 Å². The Kier molecular flexibility index (Phi) is 6.81. The van der Waals surface area contributed by atoms with Gasteiger partial charge in [-0.1, -0.05) is 11.3 Å². The highest BCUT2D eigenvalue weighted by Crippen LogP contribution is 2.35. The van der Waals surface area contributed by atoms with Crippen LogP contribution >= 0.6 is 22.7 Å². The molecule has 1 amide bonds. The number of anilines is 2. The molecule has 0 unspecified atom stereocenters. The molecule has 0 bridgehead atoms. The second-order valence-electron chi connectivity index (χ2n) is 7.04. The summed E-state index contributed by atoms with van der Waals surface area (Å²) >= 11 is 2.94. The molecule has 0 aliphatic rings. The van der Waals surface area contributed by atoms with Crippen molar-refractivity contribution in [2.24, 2.45) is 0 Å². The molecule has 0 aliphatic carbocycles. The maximum Gasteiger partial charge on any atom is 0.265 e. The summed E-state index contributed by atoms with van der Waals surface area (Å²) in [5.41, 5.74) is 0.541. The molecule has 1 N–H and O–H groups in total. The fourth-order valence-corrected chi connectivity index (χ4v) is 6.41. The van der Waals surface area contributed by atoms with Gasteiger partial charge >= 0.3 is 0 Å². The molecule has 0 atom stereocenters. The number of hydrogen-bond donors (Lipinski definition) is 1. The van der Waals surface area contributed by atoms with E-state index >= 15 is 0 Å². The third-order valence-corrected chi connectivity index (χ3v) is 9.12. The Labute approximate surface area is 185 Å². The Bertz CT molecular complexity index is 1100. The first kappa shape index (κ1) is 22.7. The van der Waals surface area contributed by atoms with Crippen LogP contribution in [0.5, 0.6) is 0 Å². The van der Waals surface area contributed by atoms with Gasteiger partial charge in [0, 0.05) is 31.9 Å². The summed E-state index contributed by atoms with van der Waals surface area (Å²) in [6.45, 7) is 9.60. The van der Waals surface area contributed by atoms with Crippen LogP contribution in [0.15, 0.2) is 35.2 Å². The van der Waals surface area contributed by atoms with E-state index in [2.05, 4.69) is 29.0 Å². The minimum Gasteiger partial charge on any atom is -0.349 e. The second-order valence-corrected chi connectivity index (χ2v) is 11.1. The molecule has 0 saturated heterocycles. The highest BCUT2D eigenvalue weighted by atomic mass is 32.2. The van der Waals surface area contributed by atoms with E-state index in [1.807, 2.05) is 19.9 Å². The lowest BCUT2D eigenvalue weighted by molar-refractivity contribution is 0.103.